The fourth-order valence-corrected chi connectivity index (χ4v) is 1.74. The highest BCUT2D eigenvalue weighted by atomic mass is 19.1. The lowest BCUT2D eigenvalue weighted by atomic mass is 10.0. The number of H-pyrrole nitrogens is 1. The number of halogens is 2. The molecule has 0 aliphatic heterocycles. The van der Waals surface area contributed by atoms with Crippen molar-refractivity contribution in [3.8, 4) is 11.3 Å². The standard InChI is InChI=1S/C13H12F2N2O/c1-6-4-5-9(14)10(11(6)15)12-7(2)8(3)13(18)17-16-12/h4-5H,1-3H3,(H,17,18). The second kappa shape index (κ2) is 4.33. The van der Waals surface area contributed by atoms with E-state index in [0.29, 0.717) is 16.7 Å². The highest BCUT2D eigenvalue weighted by Crippen LogP contribution is 2.28. The van der Waals surface area contributed by atoms with Crippen LogP contribution in [0.5, 0.6) is 0 Å². The summed E-state index contributed by atoms with van der Waals surface area (Å²) in [7, 11) is 0. The van der Waals surface area contributed by atoms with E-state index < -0.39 is 11.6 Å². The van der Waals surface area contributed by atoms with Crippen LogP contribution in [0, 0.1) is 32.4 Å². The molecule has 1 heterocycles. The average molecular weight is 250 g/mol. The molecular formula is C13H12F2N2O. The summed E-state index contributed by atoms with van der Waals surface area (Å²) >= 11 is 0. The predicted octanol–water partition coefficient (Wildman–Crippen LogP) is 2.64. The second-order valence-electron chi connectivity index (χ2n) is 4.20. The van der Waals surface area contributed by atoms with Crippen molar-refractivity contribution in [1.82, 2.24) is 10.2 Å². The highest BCUT2D eigenvalue weighted by molar-refractivity contribution is 5.65. The molecule has 0 bridgehead atoms. The van der Waals surface area contributed by atoms with Crippen LogP contribution in [0.1, 0.15) is 16.7 Å². The Balaban J connectivity index is 2.82. The highest BCUT2D eigenvalue weighted by Gasteiger charge is 2.18. The lowest BCUT2D eigenvalue weighted by Crippen LogP contribution is -2.15. The van der Waals surface area contributed by atoms with Crippen molar-refractivity contribution >= 4 is 0 Å². The molecule has 5 heteroatoms. The van der Waals surface area contributed by atoms with E-state index in [1.807, 2.05) is 0 Å². The number of aromatic amines is 1. The molecule has 0 amide bonds. The first kappa shape index (κ1) is 12.4. The number of nitrogens with zero attached hydrogens (tertiary/aromatic N) is 1. The molecule has 0 saturated carbocycles. The molecule has 0 unspecified atom stereocenters. The first-order valence-corrected chi connectivity index (χ1v) is 5.44. The molecule has 3 nitrogen and oxygen atoms in total. The third-order valence-corrected chi connectivity index (χ3v) is 3.05. The van der Waals surface area contributed by atoms with Crippen molar-refractivity contribution in [3.05, 3.63) is 50.8 Å². The van der Waals surface area contributed by atoms with Gasteiger partial charge >= 0.3 is 0 Å². The van der Waals surface area contributed by atoms with Crippen molar-refractivity contribution in [2.45, 2.75) is 20.8 Å². The van der Waals surface area contributed by atoms with Gasteiger partial charge in [-0.05, 0) is 38.0 Å². The molecule has 0 aliphatic rings. The Morgan fingerprint density at radius 3 is 2.44 bits per heavy atom. The quantitative estimate of drug-likeness (QED) is 0.845. The van der Waals surface area contributed by atoms with Gasteiger partial charge in [0.15, 0.2) is 0 Å². The summed E-state index contributed by atoms with van der Waals surface area (Å²) in [4.78, 5) is 11.4. The van der Waals surface area contributed by atoms with Gasteiger partial charge in [-0.3, -0.25) is 4.79 Å². The maximum Gasteiger partial charge on any atom is 0.267 e. The van der Waals surface area contributed by atoms with E-state index in [1.165, 1.54) is 12.1 Å². The molecule has 1 N–H and O–H groups in total. The average Bonchev–Trinajstić information content (AvgIpc) is 2.34. The normalized spacial score (nSPS) is 10.7. The van der Waals surface area contributed by atoms with Gasteiger partial charge in [0.05, 0.1) is 11.3 Å². The summed E-state index contributed by atoms with van der Waals surface area (Å²) < 4.78 is 27.7. The van der Waals surface area contributed by atoms with Crippen molar-refractivity contribution in [3.63, 3.8) is 0 Å². The second-order valence-corrected chi connectivity index (χ2v) is 4.20. The first-order valence-electron chi connectivity index (χ1n) is 5.44. The third-order valence-electron chi connectivity index (χ3n) is 3.05. The van der Waals surface area contributed by atoms with Gasteiger partial charge in [-0.1, -0.05) is 6.07 Å². The van der Waals surface area contributed by atoms with Gasteiger partial charge in [-0.2, -0.15) is 5.10 Å². The van der Waals surface area contributed by atoms with E-state index in [9.17, 15) is 13.6 Å². The minimum absolute atomic E-state index is 0.130. The van der Waals surface area contributed by atoms with Gasteiger partial charge in [0.25, 0.3) is 5.56 Å². The summed E-state index contributed by atoms with van der Waals surface area (Å²) in [6, 6.07) is 2.55. The monoisotopic (exact) mass is 250 g/mol. The zero-order valence-electron chi connectivity index (χ0n) is 10.3. The lowest BCUT2D eigenvalue weighted by molar-refractivity contribution is 0.582. The molecule has 2 aromatic rings. The van der Waals surface area contributed by atoms with E-state index in [-0.39, 0.29) is 16.8 Å². The molecule has 0 radical (unpaired) electrons. The van der Waals surface area contributed by atoms with Crippen molar-refractivity contribution in [2.75, 3.05) is 0 Å². The summed E-state index contributed by atoms with van der Waals surface area (Å²) in [5.41, 5.74) is 0.779. The lowest BCUT2D eigenvalue weighted by Gasteiger charge is -2.10. The number of aromatic nitrogens is 2. The zero-order valence-corrected chi connectivity index (χ0v) is 10.3. The van der Waals surface area contributed by atoms with Crippen molar-refractivity contribution in [2.24, 2.45) is 0 Å². The third kappa shape index (κ3) is 1.81. The topological polar surface area (TPSA) is 45.8 Å². The number of rotatable bonds is 1. The molecule has 0 saturated heterocycles. The van der Waals surface area contributed by atoms with Crippen LogP contribution in [0.3, 0.4) is 0 Å². The number of hydrogen-bond donors (Lipinski definition) is 1. The Morgan fingerprint density at radius 1 is 1.11 bits per heavy atom. The van der Waals surface area contributed by atoms with E-state index >= 15 is 0 Å². The zero-order chi connectivity index (χ0) is 13.4. The van der Waals surface area contributed by atoms with Crippen molar-refractivity contribution < 1.29 is 8.78 Å². The molecule has 0 atom stereocenters. The van der Waals surface area contributed by atoms with Gasteiger partial charge in [-0.25, -0.2) is 13.9 Å². The van der Waals surface area contributed by atoms with E-state index in [4.69, 9.17) is 0 Å². The smallest absolute Gasteiger partial charge is 0.267 e. The number of nitrogens with one attached hydrogen (secondary N) is 1. The van der Waals surface area contributed by atoms with Gasteiger partial charge < -0.3 is 0 Å². The minimum Gasteiger partial charge on any atom is -0.268 e. The Bertz CT molecular complexity index is 677. The molecule has 0 aliphatic carbocycles. The molecule has 94 valence electrons. The SMILES string of the molecule is Cc1ccc(F)c(-c2n[nH]c(=O)c(C)c2C)c1F. The van der Waals surface area contributed by atoms with Crippen LogP contribution in [-0.4, -0.2) is 10.2 Å². The predicted molar refractivity (Wildman–Crippen MR) is 64.4 cm³/mol. The number of benzene rings is 1. The van der Waals surface area contributed by atoms with Crippen LogP contribution in [0.4, 0.5) is 8.78 Å². The Morgan fingerprint density at radius 2 is 1.78 bits per heavy atom. The molecule has 0 fully saturated rings. The Kier molecular flexibility index (Phi) is 2.98. The fourth-order valence-electron chi connectivity index (χ4n) is 1.74. The Hall–Kier alpha value is -2.04. The molecule has 1 aromatic carbocycles. The van der Waals surface area contributed by atoms with Crippen LogP contribution >= 0.6 is 0 Å². The Labute approximate surface area is 102 Å². The van der Waals surface area contributed by atoms with E-state index in [1.54, 1.807) is 20.8 Å². The van der Waals surface area contributed by atoms with E-state index in [2.05, 4.69) is 10.2 Å². The molecule has 2 rings (SSSR count). The van der Waals surface area contributed by atoms with Gasteiger partial charge in [-0.15, -0.1) is 0 Å². The van der Waals surface area contributed by atoms with Crippen LogP contribution < -0.4 is 5.56 Å². The van der Waals surface area contributed by atoms with Crippen LogP contribution in [0.2, 0.25) is 0 Å². The minimum atomic E-state index is -0.694. The summed E-state index contributed by atoms with van der Waals surface area (Å²) in [6.07, 6.45) is 0. The summed E-state index contributed by atoms with van der Waals surface area (Å²) in [6.45, 7) is 4.76. The fraction of sp³-hybridized carbons (Fsp3) is 0.231. The first-order chi connectivity index (χ1) is 8.43. The summed E-state index contributed by atoms with van der Waals surface area (Å²) in [5.74, 6) is -1.35. The number of aryl methyl sites for hydroxylation is 1. The van der Waals surface area contributed by atoms with E-state index in [0.717, 1.165) is 0 Å². The van der Waals surface area contributed by atoms with Crippen molar-refractivity contribution in [1.29, 1.82) is 0 Å². The number of hydrogen-bond acceptors (Lipinski definition) is 2. The van der Waals surface area contributed by atoms with Gasteiger partial charge in [0, 0.05) is 5.56 Å². The largest absolute Gasteiger partial charge is 0.268 e. The van der Waals surface area contributed by atoms with Crippen LogP contribution in [0.25, 0.3) is 11.3 Å². The van der Waals surface area contributed by atoms with Crippen LogP contribution in [0.15, 0.2) is 16.9 Å². The molecule has 18 heavy (non-hydrogen) atoms. The van der Waals surface area contributed by atoms with Gasteiger partial charge in [0.2, 0.25) is 0 Å². The summed E-state index contributed by atoms with van der Waals surface area (Å²) in [5, 5.41) is 6.00. The maximum absolute atomic E-state index is 14.0. The molecular weight excluding hydrogens is 238 g/mol. The van der Waals surface area contributed by atoms with Crippen LogP contribution in [-0.2, 0) is 0 Å². The molecule has 1 aromatic heterocycles. The maximum atomic E-state index is 14.0. The molecule has 0 spiro atoms. The van der Waals surface area contributed by atoms with Gasteiger partial charge in [0.1, 0.15) is 11.6 Å².